The molecule has 21 heavy (non-hydrogen) atoms. The van der Waals surface area contributed by atoms with E-state index in [9.17, 15) is 5.11 Å². The van der Waals surface area contributed by atoms with Crippen LogP contribution in [-0.4, -0.2) is 71.1 Å². The summed E-state index contributed by atoms with van der Waals surface area (Å²) in [6, 6.07) is 0.395. The van der Waals surface area contributed by atoms with Gasteiger partial charge in [-0.1, -0.05) is 5.16 Å². The van der Waals surface area contributed by atoms with Crippen LogP contribution < -0.4 is 0 Å². The van der Waals surface area contributed by atoms with Gasteiger partial charge in [0.1, 0.15) is 5.76 Å². The zero-order valence-electron chi connectivity index (χ0n) is 13.1. The number of fused-ring (bicyclic) bond motifs is 1. The minimum Gasteiger partial charge on any atom is -0.392 e. The molecule has 1 unspecified atom stereocenters. The number of nitrogens with zero attached hydrogens (tertiary/aromatic N) is 3. The van der Waals surface area contributed by atoms with Crippen LogP contribution in [0.1, 0.15) is 23.9 Å². The maximum Gasteiger partial charge on any atom is 0.138 e. The van der Waals surface area contributed by atoms with Gasteiger partial charge in [0.05, 0.1) is 30.6 Å². The zero-order valence-corrected chi connectivity index (χ0v) is 13.1. The number of morpholine rings is 1. The Balaban J connectivity index is 1.69. The fraction of sp³-hybridized carbons (Fsp3) is 0.800. The first-order valence-corrected chi connectivity index (χ1v) is 7.72. The van der Waals surface area contributed by atoms with Gasteiger partial charge in [0.2, 0.25) is 0 Å². The van der Waals surface area contributed by atoms with Gasteiger partial charge in [-0.25, -0.2) is 0 Å². The second kappa shape index (κ2) is 6.04. The maximum absolute atomic E-state index is 9.58. The molecule has 6 heteroatoms. The average molecular weight is 295 g/mol. The summed E-state index contributed by atoms with van der Waals surface area (Å²) in [5.41, 5.74) is 2.18. The van der Waals surface area contributed by atoms with E-state index in [2.05, 4.69) is 15.0 Å². The highest BCUT2D eigenvalue weighted by Gasteiger charge is 2.40. The Labute approximate surface area is 125 Å². The van der Waals surface area contributed by atoms with Crippen LogP contribution in [0.25, 0.3) is 0 Å². The smallest absolute Gasteiger partial charge is 0.138 e. The van der Waals surface area contributed by atoms with Crippen LogP contribution >= 0.6 is 0 Å². The highest BCUT2D eigenvalue weighted by atomic mass is 16.5. The van der Waals surface area contributed by atoms with Crippen molar-refractivity contribution in [2.45, 2.75) is 45.6 Å². The fourth-order valence-corrected chi connectivity index (χ4v) is 3.48. The molecule has 0 spiro atoms. The molecule has 2 fully saturated rings. The van der Waals surface area contributed by atoms with E-state index in [1.54, 1.807) is 0 Å². The number of aryl methyl sites for hydroxylation is 2. The summed E-state index contributed by atoms with van der Waals surface area (Å²) in [6.45, 7) is 11.0. The molecule has 0 radical (unpaired) electrons. The van der Waals surface area contributed by atoms with Crippen LogP contribution in [0.3, 0.4) is 0 Å². The second-order valence-electron chi connectivity index (χ2n) is 6.32. The van der Waals surface area contributed by atoms with Gasteiger partial charge in [-0.05, 0) is 20.8 Å². The topological polar surface area (TPSA) is 62.0 Å². The molecule has 1 aromatic heterocycles. The lowest BCUT2D eigenvalue weighted by Gasteiger charge is -2.36. The summed E-state index contributed by atoms with van der Waals surface area (Å²) >= 11 is 0. The summed E-state index contributed by atoms with van der Waals surface area (Å²) in [5, 5.41) is 13.6. The SMILES string of the molecule is Cc1noc(C)c1CN1CCO[C@H]2CN(CC(C)O)C[C@H]21. The normalized spacial score (nSPS) is 28.8. The molecule has 2 aliphatic rings. The highest BCUT2D eigenvalue weighted by Crippen LogP contribution is 2.26. The number of hydrogen-bond donors (Lipinski definition) is 1. The second-order valence-corrected chi connectivity index (χ2v) is 6.32. The first-order chi connectivity index (χ1) is 10.0. The molecule has 0 aliphatic carbocycles. The summed E-state index contributed by atoms with van der Waals surface area (Å²) in [5.74, 6) is 0.911. The maximum atomic E-state index is 9.58. The fourth-order valence-electron chi connectivity index (χ4n) is 3.48. The molecular formula is C15H25N3O3. The third kappa shape index (κ3) is 3.13. The summed E-state index contributed by atoms with van der Waals surface area (Å²) in [4.78, 5) is 4.77. The first kappa shape index (κ1) is 15.0. The van der Waals surface area contributed by atoms with Crippen molar-refractivity contribution in [2.24, 2.45) is 0 Å². The molecule has 0 saturated carbocycles. The van der Waals surface area contributed by atoms with Gasteiger partial charge >= 0.3 is 0 Å². The van der Waals surface area contributed by atoms with Crippen LogP contribution in [-0.2, 0) is 11.3 Å². The number of aliphatic hydroxyl groups excluding tert-OH is 1. The molecule has 0 aromatic carbocycles. The molecule has 2 aliphatic heterocycles. The van der Waals surface area contributed by atoms with Crippen molar-refractivity contribution in [1.29, 1.82) is 0 Å². The van der Waals surface area contributed by atoms with Gasteiger partial charge in [-0.3, -0.25) is 9.80 Å². The number of hydrogen-bond acceptors (Lipinski definition) is 6. The van der Waals surface area contributed by atoms with Crippen molar-refractivity contribution in [2.75, 3.05) is 32.8 Å². The van der Waals surface area contributed by atoms with Crippen LogP contribution in [0.5, 0.6) is 0 Å². The number of rotatable bonds is 4. The lowest BCUT2D eigenvalue weighted by Crippen LogP contribution is -2.50. The largest absolute Gasteiger partial charge is 0.392 e. The molecular weight excluding hydrogens is 270 g/mol. The first-order valence-electron chi connectivity index (χ1n) is 7.72. The van der Waals surface area contributed by atoms with Crippen molar-refractivity contribution >= 4 is 0 Å². The third-order valence-corrected chi connectivity index (χ3v) is 4.56. The minimum absolute atomic E-state index is 0.248. The molecule has 6 nitrogen and oxygen atoms in total. The molecule has 1 aromatic rings. The minimum atomic E-state index is -0.291. The van der Waals surface area contributed by atoms with Gasteiger partial charge in [-0.15, -0.1) is 0 Å². The van der Waals surface area contributed by atoms with E-state index in [0.29, 0.717) is 6.04 Å². The van der Waals surface area contributed by atoms with Crippen molar-refractivity contribution in [3.63, 3.8) is 0 Å². The lowest BCUT2D eigenvalue weighted by molar-refractivity contribution is -0.0506. The predicted molar refractivity (Wildman–Crippen MR) is 78.0 cm³/mol. The predicted octanol–water partition coefficient (Wildman–Crippen LogP) is 0.557. The Morgan fingerprint density at radius 3 is 2.86 bits per heavy atom. The number of aromatic nitrogens is 1. The van der Waals surface area contributed by atoms with Gasteiger partial charge in [-0.2, -0.15) is 0 Å². The van der Waals surface area contributed by atoms with Crippen LogP contribution in [0.15, 0.2) is 4.52 Å². The van der Waals surface area contributed by atoms with E-state index in [1.807, 2.05) is 20.8 Å². The van der Waals surface area contributed by atoms with Crippen molar-refractivity contribution in [3.8, 4) is 0 Å². The van der Waals surface area contributed by atoms with Gasteiger partial charge in [0, 0.05) is 38.3 Å². The molecule has 1 N–H and O–H groups in total. The Bertz CT molecular complexity index is 469. The average Bonchev–Trinajstić information content (AvgIpc) is 2.96. The molecule has 3 atom stereocenters. The van der Waals surface area contributed by atoms with Crippen molar-refractivity contribution < 1.29 is 14.4 Å². The Hall–Kier alpha value is -0.950. The standard InChI is InChI=1S/C15H25N3O3/c1-10(19)6-17-8-14-15(9-17)20-5-4-18(14)7-13-11(2)16-21-12(13)3/h10,14-15,19H,4-9H2,1-3H3/t10?,14-,15+/m1/s1. The van der Waals surface area contributed by atoms with E-state index in [4.69, 9.17) is 9.26 Å². The molecule has 3 heterocycles. The Morgan fingerprint density at radius 1 is 1.38 bits per heavy atom. The van der Waals surface area contributed by atoms with Gasteiger partial charge < -0.3 is 14.4 Å². The Morgan fingerprint density at radius 2 is 2.19 bits per heavy atom. The van der Waals surface area contributed by atoms with E-state index < -0.39 is 0 Å². The number of ether oxygens (including phenoxy) is 1. The van der Waals surface area contributed by atoms with E-state index >= 15 is 0 Å². The van der Waals surface area contributed by atoms with Crippen LogP contribution in [0.4, 0.5) is 0 Å². The Kier molecular flexibility index (Phi) is 4.31. The van der Waals surface area contributed by atoms with E-state index in [0.717, 1.165) is 50.8 Å². The van der Waals surface area contributed by atoms with Crippen molar-refractivity contribution in [3.05, 3.63) is 17.0 Å². The number of likely N-dealkylation sites (tertiary alicyclic amines) is 1. The molecule has 118 valence electrons. The zero-order chi connectivity index (χ0) is 15.0. The molecule has 0 amide bonds. The third-order valence-electron chi connectivity index (χ3n) is 4.56. The number of aliphatic hydroxyl groups is 1. The van der Waals surface area contributed by atoms with Crippen molar-refractivity contribution in [1.82, 2.24) is 15.0 Å². The van der Waals surface area contributed by atoms with E-state index in [-0.39, 0.29) is 12.2 Å². The summed E-state index contributed by atoms with van der Waals surface area (Å²) < 4.78 is 11.2. The number of β-amino-alcohol motifs (C(OH)–C–C–N with tert-alkyl or cyclic N) is 1. The van der Waals surface area contributed by atoms with Crippen LogP contribution in [0.2, 0.25) is 0 Å². The van der Waals surface area contributed by atoms with E-state index in [1.165, 1.54) is 5.56 Å². The lowest BCUT2D eigenvalue weighted by atomic mass is 10.1. The highest BCUT2D eigenvalue weighted by molar-refractivity contribution is 5.21. The molecule has 2 saturated heterocycles. The molecule has 3 rings (SSSR count). The van der Waals surface area contributed by atoms with Gasteiger partial charge in [0.25, 0.3) is 0 Å². The van der Waals surface area contributed by atoms with Gasteiger partial charge in [0.15, 0.2) is 0 Å². The summed E-state index contributed by atoms with van der Waals surface area (Å²) in [6.07, 6.45) is -0.0425. The molecule has 0 bridgehead atoms. The van der Waals surface area contributed by atoms with Crippen LogP contribution in [0, 0.1) is 13.8 Å². The monoisotopic (exact) mass is 295 g/mol. The quantitative estimate of drug-likeness (QED) is 0.875. The summed E-state index contributed by atoms with van der Waals surface area (Å²) in [7, 11) is 0.